The predicted molar refractivity (Wildman–Crippen MR) is 195 cm³/mol. The van der Waals surface area contributed by atoms with Gasteiger partial charge in [0.2, 0.25) is 0 Å². The second-order valence-corrected chi connectivity index (χ2v) is 12.7. The van der Waals surface area contributed by atoms with Gasteiger partial charge in [-0.1, -0.05) is 91.9 Å². The average Bonchev–Trinajstić information content (AvgIpc) is 3.65. The van der Waals surface area contributed by atoms with Crippen LogP contribution in [0.4, 0.5) is 0 Å². The maximum Gasteiger partial charge on any atom is 0.0541 e. The molecule has 0 saturated heterocycles. The number of fused-ring (bicyclic) bond motifs is 6. The van der Waals surface area contributed by atoms with E-state index >= 15 is 0 Å². The molecule has 0 aliphatic heterocycles. The molecule has 0 bridgehead atoms. The highest BCUT2D eigenvalue weighted by Gasteiger charge is 2.23. The van der Waals surface area contributed by atoms with E-state index < -0.39 is 0 Å². The monoisotopic (exact) mass is 592 g/mol. The second-order valence-electron chi connectivity index (χ2n) is 12.7. The lowest BCUT2D eigenvalue weighted by molar-refractivity contribution is 0.922. The SMILES string of the molecule is CCc1cc(-c2ccc(-n3c4c(c5c3C=CCC5)CCC=C4)cc2)cc(-c2ccc(-n3c4ccccc4c4ccccc43)cc2)c1. The molecule has 0 spiro atoms. The lowest BCUT2D eigenvalue weighted by Crippen LogP contribution is -2.02. The van der Waals surface area contributed by atoms with Gasteiger partial charge < -0.3 is 9.13 Å². The summed E-state index contributed by atoms with van der Waals surface area (Å²) in [4.78, 5) is 0. The number of para-hydroxylation sites is 2. The largest absolute Gasteiger partial charge is 0.310 e. The van der Waals surface area contributed by atoms with Crippen molar-refractivity contribution in [1.82, 2.24) is 9.13 Å². The van der Waals surface area contributed by atoms with Crippen LogP contribution in [0.5, 0.6) is 0 Å². The number of benzene rings is 5. The Hall–Kier alpha value is -5.34. The van der Waals surface area contributed by atoms with E-state index in [9.17, 15) is 0 Å². The molecular weight excluding hydrogens is 556 g/mol. The molecule has 0 N–H and O–H groups in total. The van der Waals surface area contributed by atoms with Crippen LogP contribution in [0.2, 0.25) is 0 Å². The highest BCUT2D eigenvalue weighted by molar-refractivity contribution is 6.09. The van der Waals surface area contributed by atoms with Gasteiger partial charge in [-0.05, 0) is 126 Å². The Morgan fingerprint density at radius 1 is 0.500 bits per heavy atom. The highest BCUT2D eigenvalue weighted by Crippen LogP contribution is 2.37. The summed E-state index contributed by atoms with van der Waals surface area (Å²) >= 11 is 0. The Labute approximate surface area is 270 Å². The molecule has 46 heavy (non-hydrogen) atoms. The van der Waals surface area contributed by atoms with Gasteiger partial charge in [-0.25, -0.2) is 0 Å². The number of hydrogen-bond acceptors (Lipinski definition) is 0. The molecular formula is C44H36N2. The van der Waals surface area contributed by atoms with Gasteiger partial charge in [-0.15, -0.1) is 0 Å². The number of nitrogens with zero attached hydrogens (tertiary/aromatic N) is 2. The van der Waals surface area contributed by atoms with E-state index in [4.69, 9.17) is 0 Å². The van der Waals surface area contributed by atoms with Crippen molar-refractivity contribution in [2.45, 2.75) is 39.0 Å². The van der Waals surface area contributed by atoms with E-state index in [1.807, 2.05) is 0 Å². The molecule has 2 nitrogen and oxygen atoms in total. The quantitative estimate of drug-likeness (QED) is 0.188. The predicted octanol–water partition coefficient (Wildman–Crippen LogP) is 11.4. The number of hydrogen-bond donors (Lipinski definition) is 0. The minimum absolute atomic E-state index is 0.999. The second kappa shape index (κ2) is 10.9. The number of rotatable bonds is 5. The van der Waals surface area contributed by atoms with Gasteiger partial charge in [-0.3, -0.25) is 0 Å². The average molecular weight is 593 g/mol. The summed E-state index contributed by atoms with van der Waals surface area (Å²) < 4.78 is 4.86. The third-order valence-electron chi connectivity index (χ3n) is 10.0. The molecule has 2 aliphatic carbocycles. The minimum Gasteiger partial charge on any atom is -0.310 e. The zero-order valence-electron chi connectivity index (χ0n) is 26.2. The number of aryl methyl sites for hydroxylation is 1. The van der Waals surface area contributed by atoms with Crippen molar-refractivity contribution in [3.63, 3.8) is 0 Å². The summed E-state index contributed by atoms with van der Waals surface area (Å²) in [6.07, 6.45) is 14.9. The van der Waals surface area contributed by atoms with Crippen molar-refractivity contribution in [3.8, 4) is 33.6 Å². The Bertz CT molecular complexity index is 2230. The highest BCUT2D eigenvalue weighted by atomic mass is 15.0. The molecule has 0 radical (unpaired) electrons. The molecule has 222 valence electrons. The van der Waals surface area contributed by atoms with Gasteiger partial charge in [0.25, 0.3) is 0 Å². The van der Waals surface area contributed by atoms with Crippen LogP contribution in [0.15, 0.2) is 127 Å². The van der Waals surface area contributed by atoms with Gasteiger partial charge in [0, 0.05) is 33.5 Å². The zero-order valence-corrected chi connectivity index (χ0v) is 26.2. The molecule has 0 fully saturated rings. The molecule has 2 aliphatic rings. The van der Waals surface area contributed by atoms with Crippen LogP contribution >= 0.6 is 0 Å². The van der Waals surface area contributed by atoms with Gasteiger partial charge in [0.1, 0.15) is 0 Å². The molecule has 2 heterocycles. The summed E-state index contributed by atoms with van der Waals surface area (Å²) in [7, 11) is 0. The van der Waals surface area contributed by atoms with Crippen molar-refractivity contribution in [2.24, 2.45) is 0 Å². The lowest BCUT2D eigenvalue weighted by atomic mass is 9.94. The standard InChI is InChI=1S/C44H36N2/c1-2-30-27-33(31-19-23-35(24-20-31)45-41-15-7-3-11-37(41)38-12-4-8-16-42(38)45)29-34(28-30)32-21-25-36(26-22-32)46-43-17-9-5-13-39(43)40-14-6-10-18-44(40)46/h3-4,7-12,15-29H,2,5-6,13-14H2,1H3. The van der Waals surface area contributed by atoms with E-state index in [0.29, 0.717) is 0 Å². The van der Waals surface area contributed by atoms with E-state index in [1.54, 1.807) is 11.1 Å². The normalized spacial score (nSPS) is 13.8. The lowest BCUT2D eigenvalue weighted by Gasteiger charge is -2.15. The summed E-state index contributed by atoms with van der Waals surface area (Å²) in [6.45, 7) is 2.25. The summed E-state index contributed by atoms with van der Waals surface area (Å²) in [5.74, 6) is 0. The fourth-order valence-corrected chi connectivity index (χ4v) is 7.78. The van der Waals surface area contributed by atoms with Crippen LogP contribution in [0.1, 0.15) is 47.8 Å². The molecule has 2 heteroatoms. The Morgan fingerprint density at radius 3 is 1.48 bits per heavy atom. The first kappa shape index (κ1) is 27.0. The molecule has 7 aromatic rings. The van der Waals surface area contributed by atoms with E-state index in [2.05, 4.69) is 156 Å². The van der Waals surface area contributed by atoms with Crippen LogP contribution in [0, 0.1) is 0 Å². The zero-order chi connectivity index (χ0) is 30.6. The first-order valence-electron chi connectivity index (χ1n) is 16.7. The Kier molecular flexibility index (Phi) is 6.41. The third kappa shape index (κ3) is 4.32. The van der Waals surface area contributed by atoms with Crippen molar-refractivity contribution in [2.75, 3.05) is 0 Å². The minimum atomic E-state index is 0.999. The number of allylic oxidation sites excluding steroid dienone is 2. The van der Waals surface area contributed by atoms with Crippen LogP contribution in [-0.4, -0.2) is 9.13 Å². The van der Waals surface area contributed by atoms with Crippen LogP contribution < -0.4 is 0 Å². The fourth-order valence-electron chi connectivity index (χ4n) is 7.78. The molecule has 0 atom stereocenters. The van der Waals surface area contributed by atoms with Gasteiger partial charge in [0.15, 0.2) is 0 Å². The van der Waals surface area contributed by atoms with Crippen molar-refractivity contribution < 1.29 is 0 Å². The van der Waals surface area contributed by atoms with E-state index in [-0.39, 0.29) is 0 Å². The summed E-state index contributed by atoms with van der Waals surface area (Å²) in [5, 5.41) is 2.58. The fraction of sp³-hybridized carbons (Fsp3) is 0.136. The van der Waals surface area contributed by atoms with Crippen LogP contribution in [0.25, 0.3) is 67.6 Å². The Balaban J connectivity index is 1.08. The van der Waals surface area contributed by atoms with Crippen molar-refractivity contribution in [3.05, 3.63) is 155 Å². The molecule has 0 amide bonds. The van der Waals surface area contributed by atoms with Crippen molar-refractivity contribution >= 4 is 34.0 Å². The molecule has 0 saturated carbocycles. The van der Waals surface area contributed by atoms with E-state index in [1.165, 1.54) is 72.4 Å². The molecule has 5 aromatic carbocycles. The van der Waals surface area contributed by atoms with Gasteiger partial charge in [0.05, 0.1) is 11.0 Å². The maximum atomic E-state index is 2.48. The number of aromatic nitrogens is 2. The molecule has 9 rings (SSSR count). The molecule has 2 aromatic heterocycles. The smallest absolute Gasteiger partial charge is 0.0541 e. The van der Waals surface area contributed by atoms with E-state index in [0.717, 1.165) is 32.1 Å². The molecule has 0 unspecified atom stereocenters. The Morgan fingerprint density at radius 2 is 0.978 bits per heavy atom. The maximum absolute atomic E-state index is 2.48. The topological polar surface area (TPSA) is 9.86 Å². The summed E-state index contributed by atoms with van der Waals surface area (Å²) in [6, 6.07) is 42.8. The van der Waals surface area contributed by atoms with Gasteiger partial charge >= 0.3 is 0 Å². The third-order valence-corrected chi connectivity index (χ3v) is 10.0. The van der Waals surface area contributed by atoms with Crippen LogP contribution in [0.3, 0.4) is 0 Å². The first-order valence-corrected chi connectivity index (χ1v) is 16.7. The summed E-state index contributed by atoms with van der Waals surface area (Å²) in [5.41, 5.74) is 17.1. The van der Waals surface area contributed by atoms with Crippen molar-refractivity contribution in [1.29, 1.82) is 0 Å². The van der Waals surface area contributed by atoms with Gasteiger partial charge in [-0.2, -0.15) is 0 Å². The van der Waals surface area contributed by atoms with Crippen LogP contribution in [-0.2, 0) is 19.3 Å². The first-order chi connectivity index (χ1) is 22.8.